The second-order valence-corrected chi connectivity index (χ2v) is 9.02. The molecule has 86 valence electrons. The summed E-state index contributed by atoms with van der Waals surface area (Å²) in [4.78, 5) is 8.28. The summed E-state index contributed by atoms with van der Waals surface area (Å²) in [5.41, 5.74) is 3.83. The maximum Gasteiger partial charge on any atom is 0.279 e. The largest absolute Gasteiger partial charge is 0.477 e. The third-order valence-corrected chi connectivity index (χ3v) is 2.54. The van der Waals surface area contributed by atoms with E-state index in [1.54, 1.807) is 6.20 Å². The van der Waals surface area contributed by atoms with Crippen molar-refractivity contribution < 1.29 is 9.47 Å². The van der Waals surface area contributed by atoms with Crippen LogP contribution in [0.5, 0.6) is 11.8 Å². The fourth-order valence-electron chi connectivity index (χ4n) is 0.946. The molecule has 1 heterocycles. The molecule has 0 aliphatic rings. The standard InChI is InChI=1S/C11H16N2O2Si/c1-14-10-11(15-2)13-9(8-12-10)6-7-16(3,4)5/h8H,1-5H3. The van der Waals surface area contributed by atoms with Crippen molar-refractivity contribution in [2.45, 2.75) is 19.6 Å². The average molecular weight is 236 g/mol. The lowest BCUT2D eigenvalue weighted by atomic mass is 10.5. The molecular weight excluding hydrogens is 220 g/mol. The van der Waals surface area contributed by atoms with Gasteiger partial charge in [-0.1, -0.05) is 25.6 Å². The van der Waals surface area contributed by atoms with E-state index < -0.39 is 8.07 Å². The van der Waals surface area contributed by atoms with Crippen LogP contribution in [0.15, 0.2) is 6.20 Å². The van der Waals surface area contributed by atoms with Gasteiger partial charge in [0.2, 0.25) is 0 Å². The lowest BCUT2D eigenvalue weighted by Crippen LogP contribution is -2.16. The van der Waals surface area contributed by atoms with E-state index in [2.05, 4.69) is 41.1 Å². The second kappa shape index (κ2) is 4.99. The molecule has 0 atom stereocenters. The molecule has 0 aliphatic carbocycles. The first-order valence-electron chi connectivity index (χ1n) is 4.94. The van der Waals surface area contributed by atoms with Crippen molar-refractivity contribution in [1.82, 2.24) is 9.97 Å². The lowest BCUT2D eigenvalue weighted by molar-refractivity contribution is 0.331. The molecule has 5 heteroatoms. The Labute approximate surface area is 97.0 Å². The molecule has 16 heavy (non-hydrogen) atoms. The van der Waals surface area contributed by atoms with Crippen LogP contribution in [-0.4, -0.2) is 32.3 Å². The predicted octanol–water partition coefficient (Wildman–Crippen LogP) is 1.72. The number of hydrogen-bond donors (Lipinski definition) is 0. The Balaban J connectivity index is 3.03. The van der Waals surface area contributed by atoms with Gasteiger partial charge in [-0.2, -0.15) is 4.98 Å². The van der Waals surface area contributed by atoms with Gasteiger partial charge in [-0.25, -0.2) is 4.98 Å². The topological polar surface area (TPSA) is 44.2 Å². The summed E-state index contributed by atoms with van der Waals surface area (Å²) in [6.07, 6.45) is 1.59. The minimum Gasteiger partial charge on any atom is -0.477 e. The molecule has 0 saturated heterocycles. The predicted molar refractivity (Wildman–Crippen MR) is 65.4 cm³/mol. The summed E-state index contributed by atoms with van der Waals surface area (Å²) in [5.74, 6) is 3.75. The van der Waals surface area contributed by atoms with Crippen LogP contribution in [0.25, 0.3) is 0 Å². The quantitative estimate of drug-likeness (QED) is 0.579. The first-order valence-corrected chi connectivity index (χ1v) is 8.44. The number of nitrogens with zero attached hydrogens (tertiary/aromatic N) is 2. The summed E-state index contributed by atoms with van der Waals surface area (Å²) in [7, 11) is 1.67. The lowest BCUT2D eigenvalue weighted by Gasteiger charge is -2.05. The normalized spacial score (nSPS) is 10.3. The van der Waals surface area contributed by atoms with E-state index in [9.17, 15) is 0 Å². The Morgan fingerprint density at radius 2 is 1.75 bits per heavy atom. The van der Waals surface area contributed by atoms with Gasteiger partial charge in [0.05, 0.1) is 20.4 Å². The molecular formula is C11H16N2O2Si. The maximum atomic E-state index is 5.05. The van der Waals surface area contributed by atoms with Gasteiger partial charge in [0.1, 0.15) is 13.8 Å². The molecule has 0 spiro atoms. The molecule has 0 aliphatic heterocycles. The highest BCUT2D eigenvalue weighted by atomic mass is 28.3. The van der Waals surface area contributed by atoms with Gasteiger partial charge in [0, 0.05) is 0 Å². The number of methoxy groups -OCH3 is 2. The van der Waals surface area contributed by atoms with E-state index in [-0.39, 0.29) is 0 Å². The Hall–Kier alpha value is -1.54. The molecule has 0 saturated carbocycles. The van der Waals surface area contributed by atoms with Crippen LogP contribution < -0.4 is 9.47 Å². The van der Waals surface area contributed by atoms with Crippen molar-refractivity contribution in [2.75, 3.05) is 14.2 Å². The van der Waals surface area contributed by atoms with E-state index in [0.717, 1.165) is 0 Å². The summed E-state index contributed by atoms with van der Waals surface area (Å²) >= 11 is 0. The fourth-order valence-corrected chi connectivity index (χ4v) is 1.45. The molecule has 1 aromatic rings. The van der Waals surface area contributed by atoms with Crippen molar-refractivity contribution in [2.24, 2.45) is 0 Å². The van der Waals surface area contributed by atoms with E-state index in [1.807, 2.05) is 0 Å². The van der Waals surface area contributed by atoms with Crippen LogP contribution in [-0.2, 0) is 0 Å². The fraction of sp³-hybridized carbons (Fsp3) is 0.455. The van der Waals surface area contributed by atoms with Gasteiger partial charge < -0.3 is 9.47 Å². The minimum absolute atomic E-state index is 0.366. The highest BCUT2D eigenvalue weighted by Crippen LogP contribution is 2.19. The summed E-state index contributed by atoms with van der Waals surface area (Å²) in [6.45, 7) is 6.52. The molecule has 0 bridgehead atoms. The number of hydrogen-bond acceptors (Lipinski definition) is 4. The van der Waals surface area contributed by atoms with E-state index in [1.165, 1.54) is 14.2 Å². The second-order valence-electron chi connectivity index (χ2n) is 4.27. The molecule has 1 aromatic heterocycles. The number of rotatable bonds is 2. The Morgan fingerprint density at radius 3 is 2.25 bits per heavy atom. The molecule has 0 unspecified atom stereocenters. The molecule has 0 fully saturated rings. The summed E-state index contributed by atoms with van der Waals surface area (Å²) < 4.78 is 10.1. The van der Waals surface area contributed by atoms with Crippen molar-refractivity contribution in [3.05, 3.63) is 11.9 Å². The van der Waals surface area contributed by atoms with Crippen LogP contribution in [0, 0.1) is 11.5 Å². The molecule has 0 amide bonds. The zero-order valence-electron chi connectivity index (χ0n) is 10.3. The van der Waals surface area contributed by atoms with E-state index in [4.69, 9.17) is 9.47 Å². The molecule has 4 nitrogen and oxygen atoms in total. The third-order valence-electron chi connectivity index (χ3n) is 1.66. The molecule has 0 aromatic carbocycles. The van der Waals surface area contributed by atoms with Crippen molar-refractivity contribution in [3.8, 4) is 23.2 Å². The van der Waals surface area contributed by atoms with Crippen molar-refractivity contribution >= 4 is 8.07 Å². The minimum atomic E-state index is -1.39. The number of aromatic nitrogens is 2. The van der Waals surface area contributed by atoms with Crippen LogP contribution >= 0.6 is 0 Å². The van der Waals surface area contributed by atoms with Crippen molar-refractivity contribution in [3.63, 3.8) is 0 Å². The monoisotopic (exact) mass is 236 g/mol. The van der Waals surface area contributed by atoms with E-state index >= 15 is 0 Å². The van der Waals surface area contributed by atoms with Crippen molar-refractivity contribution in [1.29, 1.82) is 0 Å². The maximum absolute atomic E-state index is 5.05. The van der Waals surface area contributed by atoms with Crippen LogP contribution in [0.4, 0.5) is 0 Å². The highest BCUT2D eigenvalue weighted by molar-refractivity contribution is 6.83. The zero-order valence-corrected chi connectivity index (χ0v) is 11.3. The SMILES string of the molecule is COc1ncc(C#C[Si](C)(C)C)nc1OC. The van der Waals surface area contributed by atoms with Gasteiger partial charge in [0.25, 0.3) is 11.8 Å². The molecule has 0 radical (unpaired) electrons. The molecule has 1 rings (SSSR count). The summed E-state index contributed by atoms with van der Waals surface area (Å²) in [6, 6.07) is 0. The van der Waals surface area contributed by atoms with Crippen LogP contribution in [0.2, 0.25) is 19.6 Å². The van der Waals surface area contributed by atoms with E-state index in [0.29, 0.717) is 17.5 Å². The highest BCUT2D eigenvalue weighted by Gasteiger charge is 2.09. The van der Waals surface area contributed by atoms with Crippen LogP contribution in [0.3, 0.4) is 0 Å². The average Bonchev–Trinajstić information content (AvgIpc) is 2.25. The first kappa shape index (κ1) is 12.5. The van der Waals surface area contributed by atoms with Gasteiger partial charge in [0.15, 0.2) is 0 Å². The summed E-state index contributed by atoms with van der Waals surface area (Å²) in [5, 5.41) is 0. The first-order chi connectivity index (χ1) is 7.46. The Bertz CT molecular complexity index is 430. The van der Waals surface area contributed by atoms with Gasteiger partial charge >= 0.3 is 0 Å². The van der Waals surface area contributed by atoms with Gasteiger partial charge in [-0.3, -0.25) is 0 Å². The smallest absolute Gasteiger partial charge is 0.279 e. The number of ether oxygens (including phenoxy) is 2. The Kier molecular flexibility index (Phi) is 3.91. The van der Waals surface area contributed by atoms with Gasteiger partial charge in [-0.05, 0) is 0 Å². The molecule has 0 N–H and O–H groups in total. The zero-order chi connectivity index (χ0) is 12.2. The van der Waals surface area contributed by atoms with Gasteiger partial charge in [-0.15, -0.1) is 5.54 Å². The Morgan fingerprint density at radius 1 is 1.12 bits per heavy atom. The third kappa shape index (κ3) is 3.55. The van der Waals surface area contributed by atoms with Crippen LogP contribution in [0.1, 0.15) is 5.69 Å².